The summed E-state index contributed by atoms with van der Waals surface area (Å²) in [5.41, 5.74) is 5.43. The Hall–Kier alpha value is -0.420. The van der Waals surface area contributed by atoms with Crippen LogP contribution in [0.3, 0.4) is 0 Å². The van der Waals surface area contributed by atoms with Crippen molar-refractivity contribution in [3.63, 3.8) is 0 Å². The number of nitrogens with two attached hydrogens (primary N) is 1. The summed E-state index contributed by atoms with van der Waals surface area (Å²) in [7, 11) is -0.725. The Labute approximate surface area is 74.6 Å². The van der Waals surface area contributed by atoms with Gasteiger partial charge in [0.1, 0.15) is 0 Å². The summed E-state index contributed by atoms with van der Waals surface area (Å²) in [6, 6.07) is -0.434. The molecule has 0 spiro atoms. The summed E-state index contributed by atoms with van der Waals surface area (Å²) in [4.78, 5) is 13.0. The molecule has 1 heterocycles. The Kier molecular flexibility index (Phi) is 3.22. The molecule has 2 N–H and O–H groups in total. The summed E-state index contributed by atoms with van der Waals surface area (Å²) in [5, 5.41) is 0. The molecule has 1 saturated heterocycles. The molecular formula is C7H14N2O2S. The molecule has 1 rings (SSSR count). The van der Waals surface area contributed by atoms with E-state index in [1.54, 1.807) is 11.8 Å². The zero-order valence-electron chi connectivity index (χ0n) is 7.16. The van der Waals surface area contributed by atoms with Gasteiger partial charge in [0.15, 0.2) is 0 Å². The number of hydrogen-bond acceptors (Lipinski definition) is 3. The molecule has 0 radical (unpaired) electrons. The van der Waals surface area contributed by atoms with Crippen LogP contribution in [0.15, 0.2) is 0 Å². The Morgan fingerprint density at radius 3 is 2.42 bits per heavy atom. The van der Waals surface area contributed by atoms with Gasteiger partial charge < -0.3 is 10.6 Å². The molecule has 1 aliphatic rings. The quantitative estimate of drug-likeness (QED) is 0.572. The van der Waals surface area contributed by atoms with E-state index >= 15 is 0 Å². The monoisotopic (exact) mass is 190 g/mol. The SMILES string of the molecule is C[C@H](N)C(=O)N1CCS(=O)CC1. The predicted molar refractivity (Wildman–Crippen MR) is 48.1 cm³/mol. The third-order valence-corrected chi connectivity index (χ3v) is 3.15. The lowest BCUT2D eigenvalue weighted by Crippen LogP contribution is -2.48. The molecule has 0 aliphatic carbocycles. The van der Waals surface area contributed by atoms with Gasteiger partial charge in [-0.05, 0) is 6.92 Å². The molecule has 1 atom stereocenters. The average molecular weight is 190 g/mol. The van der Waals surface area contributed by atoms with Gasteiger partial charge in [0.2, 0.25) is 5.91 Å². The Bertz CT molecular complexity index is 196. The molecule has 1 aliphatic heterocycles. The third-order valence-electron chi connectivity index (χ3n) is 1.88. The van der Waals surface area contributed by atoms with Gasteiger partial charge in [0.25, 0.3) is 0 Å². The van der Waals surface area contributed by atoms with Crippen LogP contribution in [-0.2, 0) is 15.6 Å². The first kappa shape index (κ1) is 9.67. The van der Waals surface area contributed by atoms with Crippen molar-refractivity contribution in [1.29, 1.82) is 0 Å². The van der Waals surface area contributed by atoms with Gasteiger partial charge in [-0.25, -0.2) is 0 Å². The molecule has 70 valence electrons. The molecule has 12 heavy (non-hydrogen) atoms. The minimum absolute atomic E-state index is 0.0355. The van der Waals surface area contributed by atoms with E-state index in [2.05, 4.69) is 0 Å². The zero-order chi connectivity index (χ0) is 9.14. The number of nitrogens with zero attached hydrogens (tertiary/aromatic N) is 1. The largest absolute Gasteiger partial charge is 0.340 e. The number of carbonyl (C=O) groups is 1. The average Bonchev–Trinajstić information content (AvgIpc) is 2.04. The number of carbonyl (C=O) groups excluding carboxylic acids is 1. The Morgan fingerprint density at radius 2 is 2.00 bits per heavy atom. The fourth-order valence-corrected chi connectivity index (χ4v) is 2.20. The fourth-order valence-electron chi connectivity index (χ4n) is 1.15. The summed E-state index contributed by atoms with van der Waals surface area (Å²) in [6.07, 6.45) is 0. The second kappa shape index (κ2) is 4.00. The predicted octanol–water partition coefficient (Wildman–Crippen LogP) is -1.08. The molecule has 0 saturated carbocycles. The van der Waals surface area contributed by atoms with Gasteiger partial charge in [0.05, 0.1) is 6.04 Å². The minimum Gasteiger partial charge on any atom is -0.340 e. The fraction of sp³-hybridized carbons (Fsp3) is 0.857. The van der Waals surface area contributed by atoms with Crippen molar-refractivity contribution in [3.8, 4) is 0 Å². The zero-order valence-corrected chi connectivity index (χ0v) is 7.97. The molecule has 0 aromatic heterocycles. The molecule has 0 aromatic carbocycles. The minimum atomic E-state index is -0.725. The molecule has 0 aromatic rings. The highest BCUT2D eigenvalue weighted by Crippen LogP contribution is 2.01. The van der Waals surface area contributed by atoms with Gasteiger partial charge in [-0.3, -0.25) is 9.00 Å². The third kappa shape index (κ3) is 2.28. The lowest BCUT2D eigenvalue weighted by molar-refractivity contribution is -0.131. The standard InChI is InChI=1S/C7H14N2O2S/c1-6(8)7(10)9-2-4-12(11)5-3-9/h6H,2-5,8H2,1H3/t6-/m0/s1. The van der Waals surface area contributed by atoms with Crippen LogP contribution in [0.2, 0.25) is 0 Å². The lowest BCUT2D eigenvalue weighted by atomic mass is 10.3. The van der Waals surface area contributed by atoms with Crippen molar-refractivity contribution in [2.45, 2.75) is 13.0 Å². The maximum atomic E-state index is 11.3. The highest BCUT2D eigenvalue weighted by Gasteiger charge is 2.21. The van der Waals surface area contributed by atoms with Crippen LogP contribution in [0.4, 0.5) is 0 Å². The van der Waals surface area contributed by atoms with Crippen LogP contribution < -0.4 is 5.73 Å². The van der Waals surface area contributed by atoms with Crippen LogP contribution in [0.25, 0.3) is 0 Å². The van der Waals surface area contributed by atoms with Crippen molar-refractivity contribution < 1.29 is 9.00 Å². The van der Waals surface area contributed by atoms with E-state index in [4.69, 9.17) is 5.73 Å². The molecule has 1 amide bonds. The maximum absolute atomic E-state index is 11.3. The van der Waals surface area contributed by atoms with Crippen LogP contribution in [-0.4, -0.2) is 45.7 Å². The van der Waals surface area contributed by atoms with Crippen LogP contribution in [0.5, 0.6) is 0 Å². The van der Waals surface area contributed by atoms with Gasteiger partial charge >= 0.3 is 0 Å². The second-order valence-corrected chi connectivity index (χ2v) is 4.66. The smallest absolute Gasteiger partial charge is 0.239 e. The highest BCUT2D eigenvalue weighted by atomic mass is 32.2. The van der Waals surface area contributed by atoms with Crippen molar-refractivity contribution in [2.24, 2.45) is 5.73 Å². The molecule has 0 unspecified atom stereocenters. The highest BCUT2D eigenvalue weighted by molar-refractivity contribution is 7.85. The number of amides is 1. The number of rotatable bonds is 1. The summed E-state index contributed by atoms with van der Waals surface area (Å²) in [5.74, 6) is 1.16. The first-order chi connectivity index (χ1) is 5.61. The first-order valence-electron chi connectivity index (χ1n) is 4.00. The van der Waals surface area contributed by atoms with Crippen LogP contribution >= 0.6 is 0 Å². The van der Waals surface area contributed by atoms with Gasteiger partial charge in [0, 0.05) is 35.4 Å². The maximum Gasteiger partial charge on any atom is 0.239 e. The summed E-state index contributed by atoms with van der Waals surface area (Å²) < 4.78 is 10.9. The Balaban J connectivity index is 2.44. The van der Waals surface area contributed by atoms with E-state index in [0.29, 0.717) is 24.6 Å². The normalized spacial score (nSPS) is 22.3. The molecule has 1 fully saturated rings. The van der Waals surface area contributed by atoms with Crippen LogP contribution in [0.1, 0.15) is 6.92 Å². The summed E-state index contributed by atoms with van der Waals surface area (Å²) in [6.45, 7) is 2.86. The van der Waals surface area contributed by atoms with E-state index in [-0.39, 0.29) is 5.91 Å². The lowest BCUT2D eigenvalue weighted by Gasteiger charge is -2.27. The van der Waals surface area contributed by atoms with Crippen molar-refractivity contribution in [1.82, 2.24) is 4.90 Å². The van der Waals surface area contributed by atoms with Crippen molar-refractivity contribution in [3.05, 3.63) is 0 Å². The second-order valence-electron chi connectivity index (χ2n) is 2.96. The van der Waals surface area contributed by atoms with Gasteiger partial charge in [-0.1, -0.05) is 0 Å². The van der Waals surface area contributed by atoms with Crippen molar-refractivity contribution in [2.75, 3.05) is 24.6 Å². The molecule has 0 bridgehead atoms. The molecular weight excluding hydrogens is 176 g/mol. The van der Waals surface area contributed by atoms with Gasteiger partial charge in [-0.2, -0.15) is 0 Å². The van der Waals surface area contributed by atoms with Crippen molar-refractivity contribution >= 4 is 16.7 Å². The topological polar surface area (TPSA) is 63.4 Å². The van der Waals surface area contributed by atoms with E-state index in [1.165, 1.54) is 0 Å². The number of hydrogen-bond donors (Lipinski definition) is 1. The molecule has 5 heteroatoms. The molecule has 4 nitrogen and oxygen atoms in total. The van der Waals surface area contributed by atoms with E-state index in [9.17, 15) is 9.00 Å². The van der Waals surface area contributed by atoms with E-state index in [1.807, 2.05) is 0 Å². The van der Waals surface area contributed by atoms with Crippen LogP contribution in [0, 0.1) is 0 Å². The first-order valence-corrected chi connectivity index (χ1v) is 5.49. The van der Waals surface area contributed by atoms with E-state index in [0.717, 1.165) is 0 Å². The summed E-state index contributed by atoms with van der Waals surface area (Å²) >= 11 is 0. The van der Waals surface area contributed by atoms with E-state index < -0.39 is 16.8 Å². The van der Waals surface area contributed by atoms with Gasteiger partial charge in [-0.15, -0.1) is 0 Å². The Morgan fingerprint density at radius 1 is 1.50 bits per heavy atom.